The molecule has 0 fully saturated rings. The first-order chi connectivity index (χ1) is 8.20. The molecule has 1 aliphatic carbocycles. The van der Waals surface area contributed by atoms with Gasteiger partial charge in [-0.25, -0.2) is 0 Å². The van der Waals surface area contributed by atoms with Crippen LogP contribution < -0.4 is 5.32 Å². The van der Waals surface area contributed by atoms with Crippen molar-refractivity contribution in [1.82, 2.24) is 5.32 Å². The number of hydrogen-bond donors (Lipinski definition) is 2. The SMILES string of the molecule is C=C(CO)C1=CC=C(C2=CC=C(I)NC2)CC1. The van der Waals surface area contributed by atoms with Crippen LogP contribution in [0.15, 0.2) is 56.9 Å². The van der Waals surface area contributed by atoms with Crippen molar-refractivity contribution in [2.24, 2.45) is 0 Å². The Labute approximate surface area is 116 Å². The lowest BCUT2D eigenvalue weighted by molar-refractivity contribution is 0.333. The Kier molecular flexibility index (Phi) is 4.23. The maximum absolute atomic E-state index is 9.04. The average Bonchev–Trinajstić information content (AvgIpc) is 2.39. The monoisotopic (exact) mass is 341 g/mol. The van der Waals surface area contributed by atoms with Crippen molar-refractivity contribution < 1.29 is 5.11 Å². The highest BCUT2D eigenvalue weighted by molar-refractivity contribution is 14.1. The van der Waals surface area contributed by atoms with Crippen molar-refractivity contribution in [3.63, 3.8) is 0 Å². The van der Waals surface area contributed by atoms with Crippen LogP contribution in [0.4, 0.5) is 0 Å². The third kappa shape index (κ3) is 3.10. The molecule has 17 heavy (non-hydrogen) atoms. The zero-order valence-corrected chi connectivity index (χ0v) is 11.8. The molecule has 0 radical (unpaired) electrons. The summed E-state index contributed by atoms with van der Waals surface area (Å²) in [5, 5.41) is 12.4. The van der Waals surface area contributed by atoms with E-state index in [1.807, 2.05) is 0 Å². The molecule has 0 saturated carbocycles. The van der Waals surface area contributed by atoms with E-state index in [1.54, 1.807) is 0 Å². The Hall–Kier alpha value is -0.810. The lowest BCUT2D eigenvalue weighted by Gasteiger charge is -2.20. The number of halogens is 1. The number of hydrogen-bond acceptors (Lipinski definition) is 2. The zero-order valence-electron chi connectivity index (χ0n) is 9.67. The molecule has 0 aromatic rings. The average molecular weight is 341 g/mol. The van der Waals surface area contributed by atoms with Crippen LogP contribution in [-0.2, 0) is 0 Å². The van der Waals surface area contributed by atoms with Crippen LogP contribution in [0, 0.1) is 0 Å². The molecule has 0 spiro atoms. The van der Waals surface area contributed by atoms with E-state index in [2.05, 4.69) is 58.8 Å². The largest absolute Gasteiger partial charge is 0.392 e. The molecule has 0 atom stereocenters. The van der Waals surface area contributed by atoms with Gasteiger partial charge in [0, 0.05) is 6.54 Å². The van der Waals surface area contributed by atoms with E-state index >= 15 is 0 Å². The Balaban J connectivity index is 2.13. The lowest BCUT2D eigenvalue weighted by Crippen LogP contribution is -2.18. The van der Waals surface area contributed by atoms with Crippen molar-refractivity contribution in [2.75, 3.05) is 13.2 Å². The standard InChI is InChI=1S/C14H16INO/c1-10(9-17)11-2-4-12(5-3-11)13-6-7-14(15)16-8-13/h2,4,6-7,16-17H,1,3,5,8-9H2. The van der Waals surface area contributed by atoms with Gasteiger partial charge in [0.05, 0.1) is 10.3 Å². The highest BCUT2D eigenvalue weighted by Gasteiger charge is 2.13. The van der Waals surface area contributed by atoms with Crippen molar-refractivity contribution in [3.8, 4) is 0 Å². The predicted molar refractivity (Wildman–Crippen MR) is 79.8 cm³/mol. The van der Waals surface area contributed by atoms with E-state index in [9.17, 15) is 0 Å². The fraction of sp³-hybridized carbons (Fsp3) is 0.286. The summed E-state index contributed by atoms with van der Waals surface area (Å²) in [5.41, 5.74) is 4.75. The van der Waals surface area contributed by atoms with Crippen LogP contribution in [0.2, 0.25) is 0 Å². The van der Waals surface area contributed by atoms with Gasteiger partial charge < -0.3 is 10.4 Å². The van der Waals surface area contributed by atoms with E-state index < -0.39 is 0 Å². The van der Waals surface area contributed by atoms with Gasteiger partial charge in [0.2, 0.25) is 0 Å². The topological polar surface area (TPSA) is 32.3 Å². The van der Waals surface area contributed by atoms with Gasteiger partial charge in [-0.15, -0.1) is 0 Å². The second-order valence-corrected chi connectivity index (χ2v) is 5.37. The Bertz CT molecular complexity index is 455. The van der Waals surface area contributed by atoms with Gasteiger partial charge in [0.25, 0.3) is 0 Å². The van der Waals surface area contributed by atoms with Gasteiger partial charge in [-0.2, -0.15) is 0 Å². The first kappa shape index (κ1) is 12.6. The normalized spacial score (nSPS) is 19.6. The van der Waals surface area contributed by atoms with Crippen molar-refractivity contribution >= 4 is 22.6 Å². The number of nitrogens with one attached hydrogen (secondary N) is 1. The van der Waals surface area contributed by atoms with Crippen LogP contribution >= 0.6 is 22.6 Å². The fourth-order valence-corrected chi connectivity index (χ4v) is 2.36. The summed E-state index contributed by atoms with van der Waals surface area (Å²) in [7, 11) is 0. The smallest absolute Gasteiger partial charge is 0.0734 e. The highest BCUT2D eigenvalue weighted by Crippen LogP contribution is 2.28. The number of rotatable bonds is 3. The molecule has 0 amide bonds. The van der Waals surface area contributed by atoms with Gasteiger partial charge in [0.15, 0.2) is 0 Å². The van der Waals surface area contributed by atoms with Crippen LogP contribution in [0.25, 0.3) is 0 Å². The molecule has 0 saturated heterocycles. The minimum Gasteiger partial charge on any atom is -0.392 e. The van der Waals surface area contributed by atoms with Crippen molar-refractivity contribution in [1.29, 1.82) is 0 Å². The maximum Gasteiger partial charge on any atom is 0.0734 e. The third-order valence-corrected chi connectivity index (χ3v) is 3.83. The fourth-order valence-electron chi connectivity index (χ4n) is 1.99. The lowest BCUT2D eigenvalue weighted by atomic mass is 9.90. The summed E-state index contributed by atoms with van der Waals surface area (Å²) in [6.45, 7) is 4.82. The second-order valence-electron chi connectivity index (χ2n) is 4.21. The summed E-state index contributed by atoms with van der Waals surface area (Å²) >= 11 is 2.29. The molecule has 2 N–H and O–H groups in total. The molecule has 0 aromatic heterocycles. The molecule has 0 bridgehead atoms. The van der Waals surface area contributed by atoms with Gasteiger partial charge >= 0.3 is 0 Å². The Morgan fingerprint density at radius 2 is 2.00 bits per heavy atom. The summed E-state index contributed by atoms with van der Waals surface area (Å²) in [4.78, 5) is 0. The van der Waals surface area contributed by atoms with E-state index in [1.165, 1.54) is 20.4 Å². The maximum atomic E-state index is 9.04. The number of aliphatic hydroxyl groups excluding tert-OH is 1. The van der Waals surface area contributed by atoms with Gasteiger partial charge in [0.1, 0.15) is 0 Å². The summed E-state index contributed by atoms with van der Waals surface area (Å²) in [6.07, 6.45) is 10.5. The molecule has 0 unspecified atom stereocenters. The molecular weight excluding hydrogens is 325 g/mol. The quantitative estimate of drug-likeness (QED) is 0.611. The molecule has 3 heteroatoms. The third-order valence-electron chi connectivity index (χ3n) is 3.09. The first-order valence-electron chi connectivity index (χ1n) is 5.70. The molecule has 2 nitrogen and oxygen atoms in total. The zero-order chi connectivity index (χ0) is 12.3. The minimum atomic E-state index is 0.0557. The number of dihydropyridines is 1. The van der Waals surface area contributed by atoms with Gasteiger partial charge in [-0.3, -0.25) is 0 Å². The molecule has 1 aliphatic heterocycles. The molecule has 2 rings (SSSR count). The predicted octanol–water partition coefficient (Wildman–Crippen LogP) is 2.99. The molecular formula is C14H16INO. The minimum absolute atomic E-state index is 0.0557. The summed E-state index contributed by atoms with van der Waals surface area (Å²) in [6, 6.07) is 0. The van der Waals surface area contributed by atoms with Crippen LogP contribution in [0.3, 0.4) is 0 Å². The number of allylic oxidation sites excluding steroid dienone is 4. The van der Waals surface area contributed by atoms with E-state index in [0.29, 0.717) is 0 Å². The van der Waals surface area contributed by atoms with Crippen LogP contribution in [0.5, 0.6) is 0 Å². The van der Waals surface area contributed by atoms with Gasteiger partial charge in [-0.1, -0.05) is 24.8 Å². The summed E-state index contributed by atoms with van der Waals surface area (Å²) < 4.78 is 1.19. The van der Waals surface area contributed by atoms with E-state index in [0.717, 1.165) is 25.0 Å². The van der Waals surface area contributed by atoms with E-state index in [4.69, 9.17) is 5.11 Å². The van der Waals surface area contributed by atoms with Gasteiger partial charge in [-0.05, 0) is 63.8 Å². The van der Waals surface area contributed by atoms with Crippen molar-refractivity contribution in [3.05, 3.63) is 56.9 Å². The van der Waals surface area contributed by atoms with Crippen LogP contribution in [0.1, 0.15) is 12.8 Å². The van der Waals surface area contributed by atoms with Crippen molar-refractivity contribution in [2.45, 2.75) is 12.8 Å². The highest BCUT2D eigenvalue weighted by atomic mass is 127. The van der Waals surface area contributed by atoms with Crippen LogP contribution in [-0.4, -0.2) is 18.3 Å². The first-order valence-corrected chi connectivity index (χ1v) is 6.78. The molecule has 0 aromatic carbocycles. The molecule has 1 heterocycles. The van der Waals surface area contributed by atoms with E-state index in [-0.39, 0.29) is 6.61 Å². The molecule has 2 aliphatic rings. The second kappa shape index (κ2) is 5.69. The summed E-state index contributed by atoms with van der Waals surface area (Å²) in [5.74, 6) is 0. The number of aliphatic hydroxyl groups is 1. The Morgan fingerprint density at radius 3 is 2.53 bits per heavy atom. The molecule has 90 valence electrons. The Morgan fingerprint density at radius 1 is 1.24 bits per heavy atom.